The van der Waals surface area contributed by atoms with Crippen LogP contribution in [0.5, 0.6) is 0 Å². The van der Waals surface area contributed by atoms with E-state index in [9.17, 15) is 9.59 Å². The highest BCUT2D eigenvalue weighted by Crippen LogP contribution is 2.41. The molecule has 0 radical (unpaired) electrons. The minimum Gasteiger partial charge on any atom is -0.316 e. The van der Waals surface area contributed by atoms with Crippen molar-refractivity contribution in [1.82, 2.24) is 10.2 Å². The quantitative estimate of drug-likeness (QED) is 0.693. The van der Waals surface area contributed by atoms with Crippen molar-refractivity contribution in [3.05, 3.63) is 0 Å². The average molecular weight is 236 g/mol. The molecule has 1 spiro atoms. The highest BCUT2D eigenvalue weighted by molar-refractivity contribution is 6.06. The Morgan fingerprint density at radius 2 is 1.94 bits per heavy atom. The second-order valence-corrected chi connectivity index (χ2v) is 5.74. The molecule has 2 amide bonds. The molecule has 0 bridgehead atoms. The first-order valence-electron chi connectivity index (χ1n) is 6.80. The lowest BCUT2D eigenvalue weighted by atomic mass is 9.79. The van der Waals surface area contributed by atoms with Crippen molar-refractivity contribution >= 4 is 11.8 Å². The Labute approximate surface area is 102 Å². The van der Waals surface area contributed by atoms with Gasteiger partial charge in [-0.2, -0.15) is 0 Å². The Kier molecular flexibility index (Phi) is 2.69. The maximum absolute atomic E-state index is 12.5. The first-order chi connectivity index (χ1) is 8.23. The Morgan fingerprint density at radius 3 is 2.59 bits per heavy atom. The van der Waals surface area contributed by atoms with Crippen LogP contribution in [0.3, 0.4) is 0 Å². The third-order valence-electron chi connectivity index (χ3n) is 4.59. The molecule has 1 saturated carbocycles. The summed E-state index contributed by atoms with van der Waals surface area (Å²) < 4.78 is 0. The Bertz CT molecular complexity index is 341. The predicted molar refractivity (Wildman–Crippen MR) is 63.3 cm³/mol. The van der Waals surface area contributed by atoms with Gasteiger partial charge in [-0.25, -0.2) is 0 Å². The molecule has 94 valence electrons. The monoisotopic (exact) mass is 236 g/mol. The molecule has 2 heterocycles. The fourth-order valence-corrected chi connectivity index (χ4v) is 3.65. The van der Waals surface area contributed by atoms with Gasteiger partial charge < -0.3 is 5.32 Å². The van der Waals surface area contributed by atoms with Gasteiger partial charge in [0.25, 0.3) is 0 Å². The highest BCUT2D eigenvalue weighted by atomic mass is 16.2. The lowest BCUT2D eigenvalue weighted by Crippen LogP contribution is -2.47. The molecule has 2 saturated heterocycles. The highest BCUT2D eigenvalue weighted by Gasteiger charge is 2.53. The van der Waals surface area contributed by atoms with E-state index in [0.29, 0.717) is 13.0 Å². The van der Waals surface area contributed by atoms with Gasteiger partial charge in [0.1, 0.15) is 0 Å². The lowest BCUT2D eigenvalue weighted by Gasteiger charge is -2.32. The van der Waals surface area contributed by atoms with Crippen LogP contribution in [0.4, 0.5) is 0 Å². The standard InChI is InChI=1S/C13H20N2O2/c16-11-8-13(6-3-7-14-9-13)12(17)15(11)10-4-1-2-5-10/h10,14H,1-9H2/t13-/m0/s1. The van der Waals surface area contributed by atoms with E-state index >= 15 is 0 Å². The van der Waals surface area contributed by atoms with Gasteiger partial charge in [-0.1, -0.05) is 12.8 Å². The molecule has 0 aromatic rings. The largest absolute Gasteiger partial charge is 0.316 e. The van der Waals surface area contributed by atoms with Crippen molar-refractivity contribution < 1.29 is 9.59 Å². The van der Waals surface area contributed by atoms with Gasteiger partial charge in [-0.05, 0) is 32.2 Å². The first kappa shape index (κ1) is 11.2. The topological polar surface area (TPSA) is 49.4 Å². The van der Waals surface area contributed by atoms with Gasteiger partial charge in [0.05, 0.1) is 5.41 Å². The molecule has 0 unspecified atom stereocenters. The number of nitrogens with zero attached hydrogens (tertiary/aromatic N) is 1. The van der Waals surface area contributed by atoms with Gasteiger partial charge in [-0.15, -0.1) is 0 Å². The van der Waals surface area contributed by atoms with E-state index in [4.69, 9.17) is 0 Å². The minimum absolute atomic E-state index is 0.0746. The van der Waals surface area contributed by atoms with E-state index < -0.39 is 5.41 Å². The summed E-state index contributed by atoms with van der Waals surface area (Å²) in [5.74, 6) is 0.187. The van der Waals surface area contributed by atoms with E-state index in [1.807, 2.05) is 0 Å². The number of nitrogens with one attached hydrogen (secondary N) is 1. The van der Waals surface area contributed by atoms with Gasteiger partial charge in [0.15, 0.2) is 0 Å². The van der Waals surface area contributed by atoms with Crippen LogP contribution in [0.15, 0.2) is 0 Å². The van der Waals surface area contributed by atoms with Crippen LogP contribution >= 0.6 is 0 Å². The molecule has 3 rings (SSSR count). The van der Waals surface area contributed by atoms with Crippen LogP contribution in [-0.4, -0.2) is 35.8 Å². The van der Waals surface area contributed by atoms with E-state index in [1.54, 1.807) is 4.90 Å². The molecular weight excluding hydrogens is 216 g/mol. The Hall–Kier alpha value is -0.900. The zero-order valence-corrected chi connectivity index (χ0v) is 10.2. The number of hydrogen-bond acceptors (Lipinski definition) is 3. The zero-order chi connectivity index (χ0) is 11.9. The van der Waals surface area contributed by atoms with Crippen molar-refractivity contribution in [3.8, 4) is 0 Å². The zero-order valence-electron chi connectivity index (χ0n) is 10.2. The summed E-state index contributed by atoms with van der Waals surface area (Å²) in [4.78, 5) is 26.3. The van der Waals surface area contributed by atoms with E-state index in [1.165, 1.54) is 0 Å². The summed E-state index contributed by atoms with van der Waals surface area (Å²) in [7, 11) is 0. The smallest absolute Gasteiger partial charge is 0.237 e. The summed E-state index contributed by atoms with van der Waals surface area (Å²) in [5.41, 5.74) is -0.391. The summed E-state index contributed by atoms with van der Waals surface area (Å²) in [5, 5.41) is 3.28. The second-order valence-electron chi connectivity index (χ2n) is 5.74. The fourth-order valence-electron chi connectivity index (χ4n) is 3.65. The Balaban J connectivity index is 1.82. The number of imide groups is 1. The number of carbonyl (C=O) groups is 2. The summed E-state index contributed by atoms with van der Waals surface area (Å²) in [6.07, 6.45) is 6.68. The van der Waals surface area contributed by atoms with E-state index in [-0.39, 0.29) is 17.9 Å². The number of carbonyl (C=O) groups excluding carboxylic acids is 2. The third kappa shape index (κ3) is 1.69. The van der Waals surface area contributed by atoms with Crippen LogP contribution in [0.1, 0.15) is 44.9 Å². The van der Waals surface area contributed by atoms with Crippen LogP contribution in [0.2, 0.25) is 0 Å². The van der Waals surface area contributed by atoms with Gasteiger partial charge in [0.2, 0.25) is 11.8 Å². The van der Waals surface area contributed by atoms with Gasteiger partial charge in [-0.3, -0.25) is 14.5 Å². The SMILES string of the molecule is O=C1C[C@]2(CCCNC2)C(=O)N1C1CCCC1. The minimum atomic E-state index is -0.391. The number of hydrogen-bond donors (Lipinski definition) is 1. The summed E-state index contributed by atoms with van der Waals surface area (Å²) in [6, 6.07) is 0.205. The second kappa shape index (κ2) is 4.09. The maximum atomic E-state index is 12.5. The van der Waals surface area contributed by atoms with Crippen molar-refractivity contribution in [1.29, 1.82) is 0 Å². The van der Waals surface area contributed by atoms with E-state index in [2.05, 4.69) is 5.32 Å². The van der Waals surface area contributed by atoms with Crippen LogP contribution in [-0.2, 0) is 9.59 Å². The average Bonchev–Trinajstić information content (AvgIpc) is 2.90. The molecule has 1 aliphatic carbocycles. The van der Waals surface area contributed by atoms with Crippen molar-refractivity contribution in [2.75, 3.05) is 13.1 Å². The molecule has 3 aliphatic rings. The lowest BCUT2D eigenvalue weighted by molar-refractivity contribution is -0.144. The summed E-state index contributed by atoms with van der Waals surface area (Å²) in [6.45, 7) is 1.67. The van der Waals surface area contributed by atoms with Crippen molar-refractivity contribution in [3.63, 3.8) is 0 Å². The number of piperidine rings is 1. The first-order valence-corrected chi connectivity index (χ1v) is 6.80. The molecule has 1 N–H and O–H groups in total. The normalized spacial score (nSPS) is 35.2. The maximum Gasteiger partial charge on any atom is 0.237 e. The number of amides is 2. The Morgan fingerprint density at radius 1 is 1.18 bits per heavy atom. The molecule has 4 nitrogen and oxygen atoms in total. The fraction of sp³-hybridized carbons (Fsp3) is 0.846. The van der Waals surface area contributed by atoms with Crippen LogP contribution in [0.25, 0.3) is 0 Å². The third-order valence-corrected chi connectivity index (χ3v) is 4.59. The number of likely N-dealkylation sites (tertiary alicyclic amines) is 1. The number of rotatable bonds is 1. The molecule has 0 aromatic carbocycles. The molecular formula is C13H20N2O2. The molecule has 2 aliphatic heterocycles. The molecule has 3 fully saturated rings. The molecule has 1 atom stereocenters. The molecule has 4 heteroatoms. The van der Waals surface area contributed by atoms with Crippen LogP contribution in [0, 0.1) is 5.41 Å². The van der Waals surface area contributed by atoms with Crippen molar-refractivity contribution in [2.24, 2.45) is 5.41 Å². The molecule has 0 aromatic heterocycles. The van der Waals surface area contributed by atoms with E-state index in [0.717, 1.165) is 45.1 Å². The van der Waals surface area contributed by atoms with Crippen molar-refractivity contribution in [2.45, 2.75) is 51.0 Å². The summed E-state index contributed by atoms with van der Waals surface area (Å²) >= 11 is 0. The predicted octanol–water partition coefficient (Wildman–Crippen LogP) is 1.06. The van der Waals surface area contributed by atoms with Gasteiger partial charge >= 0.3 is 0 Å². The van der Waals surface area contributed by atoms with Crippen LogP contribution < -0.4 is 5.32 Å². The van der Waals surface area contributed by atoms with Gasteiger partial charge in [0, 0.05) is 19.0 Å². The molecule has 17 heavy (non-hydrogen) atoms.